The summed E-state index contributed by atoms with van der Waals surface area (Å²) in [5.41, 5.74) is 6.80. The molecule has 1 aromatic rings. The van der Waals surface area contributed by atoms with Gasteiger partial charge < -0.3 is 11.1 Å². The van der Waals surface area contributed by atoms with E-state index in [1.165, 1.54) is 12.1 Å². The molecule has 18 heavy (non-hydrogen) atoms. The molecule has 1 aliphatic carbocycles. The van der Waals surface area contributed by atoms with Crippen LogP contribution in [0.5, 0.6) is 0 Å². The number of hydrogen-bond acceptors (Lipinski definition) is 2. The highest BCUT2D eigenvalue weighted by Crippen LogP contribution is 2.25. The van der Waals surface area contributed by atoms with Crippen molar-refractivity contribution in [2.75, 3.05) is 0 Å². The van der Waals surface area contributed by atoms with Crippen molar-refractivity contribution in [2.24, 2.45) is 11.7 Å². The SMILES string of the molecule is CC(NC(=O)C1CCCC1N)c1ccc(F)cc1. The monoisotopic (exact) mass is 250 g/mol. The molecule has 3 atom stereocenters. The van der Waals surface area contributed by atoms with Gasteiger partial charge in [0.25, 0.3) is 0 Å². The Bertz CT molecular complexity index is 418. The maximum absolute atomic E-state index is 12.8. The zero-order valence-electron chi connectivity index (χ0n) is 10.5. The molecule has 2 rings (SSSR count). The summed E-state index contributed by atoms with van der Waals surface area (Å²) < 4.78 is 12.8. The zero-order valence-corrected chi connectivity index (χ0v) is 10.5. The summed E-state index contributed by atoms with van der Waals surface area (Å²) >= 11 is 0. The number of hydrogen-bond donors (Lipinski definition) is 2. The van der Waals surface area contributed by atoms with Crippen LogP contribution in [0.2, 0.25) is 0 Å². The summed E-state index contributed by atoms with van der Waals surface area (Å²) in [6.45, 7) is 1.89. The Morgan fingerprint density at radius 2 is 2.06 bits per heavy atom. The summed E-state index contributed by atoms with van der Waals surface area (Å²) in [6.07, 6.45) is 2.80. The maximum Gasteiger partial charge on any atom is 0.225 e. The molecule has 0 saturated heterocycles. The third-order valence-electron chi connectivity index (χ3n) is 3.63. The maximum atomic E-state index is 12.8. The van der Waals surface area contributed by atoms with Crippen LogP contribution < -0.4 is 11.1 Å². The van der Waals surface area contributed by atoms with Crippen molar-refractivity contribution >= 4 is 5.91 Å². The van der Waals surface area contributed by atoms with E-state index in [9.17, 15) is 9.18 Å². The van der Waals surface area contributed by atoms with Gasteiger partial charge in [-0.05, 0) is 37.5 Å². The fourth-order valence-electron chi connectivity index (χ4n) is 2.47. The molecular weight excluding hydrogens is 231 g/mol. The van der Waals surface area contributed by atoms with E-state index in [1.807, 2.05) is 6.92 Å². The Morgan fingerprint density at radius 1 is 1.39 bits per heavy atom. The van der Waals surface area contributed by atoms with Crippen LogP contribution in [0.15, 0.2) is 24.3 Å². The van der Waals surface area contributed by atoms with E-state index in [0.717, 1.165) is 24.8 Å². The molecule has 1 aliphatic rings. The fraction of sp³-hybridized carbons (Fsp3) is 0.500. The first-order valence-electron chi connectivity index (χ1n) is 6.39. The van der Waals surface area contributed by atoms with Crippen molar-refractivity contribution in [3.8, 4) is 0 Å². The standard InChI is InChI=1S/C14H19FN2O/c1-9(10-5-7-11(15)8-6-10)17-14(18)12-3-2-4-13(12)16/h5-9,12-13H,2-4,16H2,1H3,(H,17,18). The number of nitrogens with one attached hydrogen (secondary N) is 1. The van der Waals surface area contributed by atoms with Crippen LogP contribution in [0.3, 0.4) is 0 Å². The lowest BCUT2D eigenvalue weighted by Gasteiger charge is -2.19. The van der Waals surface area contributed by atoms with Crippen LogP contribution in [0.4, 0.5) is 4.39 Å². The van der Waals surface area contributed by atoms with Crippen molar-refractivity contribution in [3.05, 3.63) is 35.6 Å². The number of carbonyl (C=O) groups is 1. The molecule has 4 heteroatoms. The molecule has 98 valence electrons. The Kier molecular flexibility index (Phi) is 3.97. The fourth-order valence-corrected chi connectivity index (χ4v) is 2.47. The van der Waals surface area contributed by atoms with Gasteiger partial charge in [0.2, 0.25) is 5.91 Å². The molecule has 0 spiro atoms. The van der Waals surface area contributed by atoms with Gasteiger partial charge in [-0.1, -0.05) is 18.6 Å². The van der Waals surface area contributed by atoms with E-state index in [2.05, 4.69) is 5.32 Å². The molecule has 0 radical (unpaired) electrons. The van der Waals surface area contributed by atoms with Crippen LogP contribution in [-0.2, 0) is 4.79 Å². The topological polar surface area (TPSA) is 55.1 Å². The lowest BCUT2D eigenvalue weighted by atomic mass is 10.0. The molecule has 0 aliphatic heterocycles. The quantitative estimate of drug-likeness (QED) is 0.863. The first kappa shape index (κ1) is 13.0. The smallest absolute Gasteiger partial charge is 0.225 e. The van der Waals surface area contributed by atoms with E-state index >= 15 is 0 Å². The predicted molar refractivity (Wildman–Crippen MR) is 68.3 cm³/mol. The molecule has 0 heterocycles. The normalized spacial score (nSPS) is 24.8. The summed E-state index contributed by atoms with van der Waals surface area (Å²) in [5, 5.41) is 2.95. The van der Waals surface area contributed by atoms with Crippen molar-refractivity contribution in [1.82, 2.24) is 5.32 Å². The van der Waals surface area contributed by atoms with Crippen molar-refractivity contribution < 1.29 is 9.18 Å². The van der Waals surface area contributed by atoms with E-state index in [-0.39, 0.29) is 29.7 Å². The third-order valence-corrected chi connectivity index (χ3v) is 3.63. The van der Waals surface area contributed by atoms with Gasteiger partial charge in [-0.3, -0.25) is 4.79 Å². The van der Waals surface area contributed by atoms with Crippen LogP contribution in [0.1, 0.15) is 37.8 Å². The molecule has 0 bridgehead atoms. The number of rotatable bonds is 3. The third kappa shape index (κ3) is 2.88. The average molecular weight is 250 g/mol. The number of carbonyl (C=O) groups excluding carboxylic acids is 1. The first-order chi connectivity index (χ1) is 8.58. The second-order valence-corrected chi connectivity index (χ2v) is 4.98. The van der Waals surface area contributed by atoms with Gasteiger partial charge >= 0.3 is 0 Å². The second kappa shape index (κ2) is 5.48. The molecule has 1 aromatic carbocycles. The number of benzene rings is 1. The van der Waals surface area contributed by atoms with Gasteiger partial charge in [0.05, 0.1) is 12.0 Å². The van der Waals surface area contributed by atoms with Crippen molar-refractivity contribution in [2.45, 2.75) is 38.3 Å². The average Bonchev–Trinajstić information content (AvgIpc) is 2.76. The van der Waals surface area contributed by atoms with Crippen LogP contribution in [0, 0.1) is 11.7 Å². The highest BCUT2D eigenvalue weighted by atomic mass is 19.1. The van der Waals surface area contributed by atoms with E-state index < -0.39 is 0 Å². The number of halogens is 1. The number of nitrogens with two attached hydrogens (primary N) is 1. The largest absolute Gasteiger partial charge is 0.349 e. The summed E-state index contributed by atoms with van der Waals surface area (Å²) in [7, 11) is 0. The van der Waals surface area contributed by atoms with Crippen molar-refractivity contribution in [1.29, 1.82) is 0 Å². The molecule has 1 amide bonds. The van der Waals surface area contributed by atoms with E-state index in [0.29, 0.717) is 0 Å². The van der Waals surface area contributed by atoms with Gasteiger partial charge in [0.1, 0.15) is 5.82 Å². The predicted octanol–water partition coefficient (Wildman–Crippen LogP) is 2.13. The summed E-state index contributed by atoms with van der Waals surface area (Å²) in [4.78, 5) is 12.0. The van der Waals surface area contributed by atoms with Gasteiger partial charge in [-0.2, -0.15) is 0 Å². The van der Waals surface area contributed by atoms with Gasteiger partial charge in [0, 0.05) is 6.04 Å². The molecule has 3 unspecified atom stereocenters. The van der Waals surface area contributed by atoms with Crippen LogP contribution in [0.25, 0.3) is 0 Å². The molecule has 1 saturated carbocycles. The zero-order chi connectivity index (χ0) is 13.1. The minimum Gasteiger partial charge on any atom is -0.349 e. The minimum absolute atomic E-state index is 0.0109. The Balaban J connectivity index is 1.96. The van der Waals surface area contributed by atoms with Crippen LogP contribution >= 0.6 is 0 Å². The van der Waals surface area contributed by atoms with Crippen LogP contribution in [-0.4, -0.2) is 11.9 Å². The van der Waals surface area contributed by atoms with Gasteiger partial charge in [-0.25, -0.2) is 4.39 Å². The Labute approximate surface area is 107 Å². The molecule has 3 nitrogen and oxygen atoms in total. The highest BCUT2D eigenvalue weighted by Gasteiger charge is 2.30. The number of amides is 1. The summed E-state index contributed by atoms with van der Waals surface area (Å²) in [5.74, 6) is -0.334. The van der Waals surface area contributed by atoms with Gasteiger partial charge in [0.15, 0.2) is 0 Å². The van der Waals surface area contributed by atoms with E-state index in [1.54, 1.807) is 12.1 Å². The Hall–Kier alpha value is -1.42. The van der Waals surface area contributed by atoms with E-state index in [4.69, 9.17) is 5.73 Å². The lowest BCUT2D eigenvalue weighted by Crippen LogP contribution is -2.39. The minimum atomic E-state index is -0.268. The molecule has 1 fully saturated rings. The second-order valence-electron chi connectivity index (χ2n) is 4.98. The Morgan fingerprint density at radius 3 is 2.61 bits per heavy atom. The van der Waals surface area contributed by atoms with Gasteiger partial charge in [-0.15, -0.1) is 0 Å². The summed E-state index contributed by atoms with van der Waals surface area (Å²) in [6, 6.07) is 6.04. The highest BCUT2D eigenvalue weighted by molar-refractivity contribution is 5.80. The molecule has 0 aromatic heterocycles. The van der Waals surface area contributed by atoms with Crippen molar-refractivity contribution in [3.63, 3.8) is 0 Å². The first-order valence-corrected chi connectivity index (χ1v) is 6.39. The molecular formula is C14H19FN2O. The molecule has 3 N–H and O–H groups in total. The lowest BCUT2D eigenvalue weighted by molar-refractivity contribution is -0.125.